The minimum atomic E-state index is -0.329. The maximum atomic E-state index is 5.98. The fourth-order valence-corrected chi connectivity index (χ4v) is 1.40. The van der Waals surface area contributed by atoms with E-state index in [1.807, 2.05) is 37.4 Å². The van der Waals surface area contributed by atoms with Crippen molar-refractivity contribution in [1.82, 2.24) is 4.98 Å². The van der Waals surface area contributed by atoms with E-state index >= 15 is 0 Å². The third kappa shape index (κ3) is 1.21. The second-order valence-electron chi connectivity index (χ2n) is 3.38. The minimum absolute atomic E-state index is 0.329. The molecular weight excluding hydrogens is 148 g/mol. The maximum Gasteiger partial charge on any atom is 0.0508 e. The zero-order valence-electron chi connectivity index (χ0n) is 7.04. The Hall–Kier alpha value is -1.28. The van der Waals surface area contributed by atoms with Crippen LogP contribution >= 0.6 is 0 Å². The van der Waals surface area contributed by atoms with Crippen LogP contribution < -0.4 is 16.3 Å². The van der Waals surface area contributed by atoms with Crippen molar-refractivity contribution < 1.29 is 0 Å². The van der Waals surface area contributed by atoms with Gasteiger partial charge in [-0.15, -0.1) is 0 Å². The van der Waals surface area contributed by atoms with E-state index in [-0.39, 0.29) is 5.54 Å². The molecule has 0 saturated heterocycles. The van der Waals surface area contributed by atoms with Crippen LogP contribution in [0.4, 0.5) is 0 Å². The molecule has 0 fully saturated rings. The maximum absolute atomic E-state index is 5.98. The summed E-state index contributed by atoms with van der Waals surface area (Å²) in [6, 6.07) is 2.03. The van der Waals surface area contributed by atoms with Crippen molar-refractivity contribution in [1.29, 1.82) is 0 Å². The number of hydrogen-bond acceptors (Lipinski definition) is 1. The average molecular weight is 160 g/mol. The van der Waals surface area contributed by atoms with Gasteiger partial charge in [0.25, 0.3) is 0 Å². The molecule has 0 amide bonds. The predicted octanol–water partition coefficient (Wildman–Crippen LogP) is -0.137. The molecule has 2 heteroatoms. The zero-order chi connectivity index (χ0) is 8.60. The van der Waals surface area contributed by atoms with Gasteiger partial charge in [0, 0.05) is 11.5 Å². The molecule has 1 aliphatic rings. The van der Waals surface area contributed by atoms with Gasteiger partial charge in [0.2, 0.25) is 0 Å². The Morgan fingerprint density at radius 1 is 1.50 bits per heavy atom. The molecule has 0 saturated carbocycles. The molecule has 1 unspecified atom stereocenters. The van der Waals surface area contributed by atoms with Crippen molar-refractivity contribution in [2.24, 2.45) is 5.73 Å². The van der Waals surface area contributed by atoms with Crippen molar-refractivity contribution in [3.05, 3.63) is 35.0 Å². The Bertz CT molecular complexity index is 421. The topological polar surface area (TPSA) is 41.8 Å². The average Bonchev–Trinajstić information content (AvgIpc) is 2.31. The van der Waals surface area contributed by atoms with Crippen LogP contribution in [0, 0.1) is 0 Å². The second-order valence-corrected chi connectivity index (χ2v) is 3.38. The van der Waals surface area contributed by atoms with Crippen LogP contribution in [-0.4, -0.2) is 10.5 Å². The van der Waals surface area contributed by atoms with Gasteiger partial charge in [-0.25, -0.2) is 0 Å². The predicted molar refractivity (Wildman–Crippen MR) is 50.7 cm³/mol. The summed E-state index contributed by atoms with van der Waals surface area (Å²) < 4.78 is 0. The summed E-state index contributed by atoms with van der Waals surface area (Å²) in [5.74, 6) is 0. The smallest absolute Gasteiger partial charge is 0.0508 e. The number of fused-ring (bicyclic) bond motifs is 1. The molecule has 1 atom stereocenters. The lowest BCUT2D eigenvalue weighted by Gasteiger charge is -2.12. The van der Waals surface area contributed by atoms with E-state index < -0.39 is 0 Å². The van der Waals surface area contributed by atoms with Crippen LogP contribution in [0.15, 0.2) is 24.4 Å². The monoisotopic (exact) mass is 160 g/mol. The van der Waals surface area contributed by atoms with E-state index in [9.17, 15) is 0 Å². The number of aromatic amines is 1. The van der Waals surface area contributed by atoms with Gasteiger partial charge >= 0.3 is 0 Å². The van der Waals surface area contributed by atoms with Crippen LogP contribution in [0.1, 0.15) is 6.92 Å². The Kier molecular flexibility index (Phi) is 1.45. The fraction of sp³-hybridized carbons (Fsp3) is 0.200. The highest BCUT2D eigenvalue weighted by Gasteiger charge is 2.10. The highest BCUT2D eigenvalue weighted by atomic mass is 14.7. The van der Waals surface area contributed by atoms with Crippen LogP contribution in [0.25, 0.3) is 12.2 Å². The summed E-state index contributed by atoms with van der Waals surface area (Å²) in [4.78, 5) is 3.14. The molecule has 3 N–H and O–H groups in total. The van der Waals surface area contributed by atoms with Crippen LogP contribution in [0.2, 0.25) is 0 Å². The molecule has 0 spiro atoms. The van der Waals surface area contributed by atoms with E-state index in [1.54, 1.807) is 0 Å². The third-order valence-corrected chi connectivity index (χ3v) is 2.00. The number of allylic oxidation sites excluding steroid dienone is 1. The quantitative estimate of drug-likeness (QED) is 0.545. The SMILES string of the molecule is CC1(N)C=CC=c2[nH]ccc2=C1. The van der Waals surface area contributed by atoms with Crippen molar-refractivity contribution in [2.45, 2.75) is 12.5 Å². The first-order valence-corrected chi connectivity index (χ1v) is 4.02. The lowest BCUT2D eigenvalue weighted by molar-refractivity contribution is 0.778. The van der Waals surface area contributed by atoms with Gasteiger partial charge in [0.05, 0.1) is 5.54 Å². The first-order valence-electron chi connectivity index (χ1n) is 4.02. The Balaban J connectivity index is 2.75. The summed E-state index contributed by atoms with van der Waals surface area (Å²) in [7, 11) is 0. The highest BCUT2D eigenvalue weighted by Crippen LogP contribution is 2.03. The van der Waals surface area contributed by atoms with E-state index in [4.69, 9.17) is 5.73 Å². The molecule has 1 aromatic heterocycles. The Labute approximate surface area is 71.1 Å². The normalized spacial score (nSPS) is 26.8. The summed E-state index contributed by atoms with van der Waals surface area (Å²) in [6.45, 7) is 1.99. The first kappa shape index (κ1) is 7.37. The molecule has 2 rings (SSSR count). The molecule has 1 heterocycles. The molecule has 0 radical (unpaired) electrons. The van der Waals surface area contributed by atoms with E-state index in [0.29, 0.717) is 0 Å². The highest BCUT2D eigenvalue weighted by molar-refractivity contribution is 5.50. The lowest BCUT2D eigenvalue weighted by atomic mass is 10.0. The molecule has 1 aromatic rings. The lowest BCUT2D eigenvalue weighted by Crippen LogP contribution is -2.34. The molecular formula is C10H12N2. The molecule has 0 aliphatic heterocycles. The van der Waals surface area contributed by atoms with E-state index in [0.717, 1.165) is 5.35 Å². The van der Waals surface area contributed by atoms with Crippen LogP contribution in [0.5, 0.6) is 0 Å². The Morgan fingerprint density at radius 2 is 2.33 bits per heavy atom. The zero-order valence-corrected chi connectivity index (χ0v) is 7.04. The summed E-state index contributed by atoms with van der Waals surface area (Å²) in [6.07, 6.45) is 9.98. The van der Waals surface area contributed by atoms with Crippen LogP contribution in [0.3, 0.4) is 0 Å². The molecule has 12 heavy (non-hydrogen) atoms. The molecule has 1 aliphatic carbocycles. The fourth-order valence-electron chi connectivity index (χ4n) is 1.40. The number of aromatic nitrogens is 1. The van der Waals surface area contributed by atoms with Crippen molar-refractivity contribution in [2.75, 3.05) is 0 Å². The van der Waals surface area contributed by atoms with Gasteiger partial charge in [-0.05, 0) is 24.3 Å². The Morgan fingerprint density at radius 3 is 3.17 bits per heavy atom. The van der Waals surface area contributed by atoms with Gasteiger partial charge in [0.1, 0.15) is 0 Å². The van der Waals surface area contributed by atoms with Gasteiger partial charge in [0.15, 0.2) is 0 Å². The summed E-state index contributed by atoms with van der Waals surface area (Å²) >= 11 is 0. The van der Waals surface area contributed by atoms with Gasteiger partial charge in [-0.1, -0.05) is 18.2 Å². The third-order valence-electron chi connectivity index (χ3n) is 2.00. The van der Waals surface area contributed by atoms with Crippen molar-refractivity contribution >= 4 is 12.2 Å². The minimum Gasteiger partial charge on any atom is -0.361 e. The number of nitrogens with two attached hydrogens (primary N) is 1. The van der Waals surface area contributed by atoms with Gasteiger partial charge < -0.3 is 10.7 Å². The van der Waals surface area contributed by atoms with Crippen molar-refractivity contribution in [3.63, 3.8) is 0 Å². The number of rotatable bonds is 0. The van der Waals surface area contributed by atoms with Crippen LogP contribution in [-0.2, 0) is 0 Å². The van der Waals surface area contributed by atoms with Gasteiger partial charge in [-0.2, -0.15) is 0 Å². The molecule has 0 bridgehead atoms. The second kappa shape index (κ2) is 2.35. The molecule has 0 aromatic carbocycles. The van der Waals surface area contributed by atoms with E-state index in [1.165, 1.54) is 5.22 Å². The molecule has 2 nitrogen and oxygen atoms in total. The standard InChI is InChI=1S/C10H12N2/c1-10(11)5-2-3-9-8(7-10)4-6-12-9/h2-7,12H,11H2,1H3. The summed E-state index contributed by atoms with van der Waals surface area (Å²) in [5, 5.41) is 2.30. The number of nitrogens with one attached hydrogen (secondary N) is 1. The van der Waals surface area contributed by atoms with E-state index in [2.05, 4.69) is 11.1 Å². The molecule has 62 valence electrons. The van der Waals surface area contributed by atoms with Gasteiger partial charge in [-0.3, -0.25) is 0 Å². The number of hydrogen-bond donors (Lipinski definition) is 2. The largest absolute Gasteiger partial charge is 0.361 e. The summed E-state index contributed by atoms with van der Waals surface area (Å²) in [5.41, 5.74) is 5.65. The first-order chi connectivity index (χ1) is 5.67. The van der Waals surface area contributed by atoms with Crippen molar-refractivity contribution in [3.8, 4) is 0 Å². The number of H-pyrrole nitrogens is 1.